The van der Waals surface area contributed by atoms with Gasteiger partial charge in [0.1, 0.15) is 5.52 Å². The zero-order chi connectivity index (χ0) is 11.3. The van der Waals surface area contributed by atoms with Crippen molar-refractivity contribution in [1.29, 1.82) is 0 Å². The molecule has 2 heterocycles. The number of rotatable bonds is 2. The average Bonchev–Trinajstić information content (AvgIpc) is 2.82. The molecular formula is C11H13BrN4. The third kappa shape index (κ3) is 1.59. The molecule has 1 saturated carbocycles. The Balaban J connectivity index is 2.05. The summed E-state index contributed by atoms with van der Waals surface area (Å²) in [5, 5.41) is 0. The quantitative estimate of drug-likeness (QED) is 0.919. The van der Waals surface area contributed by atoms with Crippen molar-refractivity contribution in [3.63, 3.8) is 0 Å². The Kier molecular flexibility index (Phi) is 2.17. The van der Waals surface area contributed by atoms with Crippen molar-refractivity contribution < 1.29 is 0 Å². The zero-order valence-corrected chi connectivity index (χ0v) is 10.6. The zero-order valence-electron chi connectivity index (χ0n) is 9.02. The summed E-state index contributed by atoms with van der Waals surface area (Å²) in [4.78, 5) is 8.71. The Morgan fingerprint density at radius 3 is 3.06 bits per heavy atom. The summed E-state index contributed by atoms with van der Waals surface area (Å²) in [5.41, 5.74) is 7.67. The summed E-state index contributed by atoms with van der Waals surface area (Å²) in [6, 6.07) is 1.95. The summed E-state index contributed by atoms with van der Waals surface area (Å²) in [6.45, 7) is 3.21. The second-order valence-corrected chi connectivity index (χ2v) is 5.47. The van der Waals surface area contributed by atoms with E-state index in [0.29, 0.717) is 5.95 Å². The second kappa shape index (κ2) is 3.45. The molecule has 1 aliphatic rings. The first-order valence-corrected chi connectivity index (χ1v) is 6.21. The van der Waals surface area contributed by atoms with E-state index in [1.54, 1.807) is 6.20 Å². The molecule has 84 valence electrons. The van der Waals surface area contributed by atoms with Gasteiger partial charge in [0.15, 0.2) is 5.65 Å². The molecule has 0 saturated heterocycles. The maximum absolute atomic E-state index is 5.92. The molecule has 2 N–H and O–H groups in total. The predicted octanol–water partition coefficient (Wildman–Crippen LogP) is 2.43. The first-order chi connectivity index (χ1) is 7.65. The number of pyridine rings is 1. The lowest BCUT2D eigenvalue weighted by molar-refractivity contribution is 0.609. The fourth-order valence-electron chi connectivity index (χ4n) is 2.07. The molecule has 1 aliphatic carbocycles. The van der Waals surface area contributed by atoms with E-state index < -0.39 is 0 Å². The Labute approximate surface area is 102 Å². The minimum absolute atomic E-state index is 0.569. The van der Waals surface area contributed by atoms with E-state index in [4.69, 9.17) is 5.73 Å². The molecule has 2 unspecified atom stereocenters. The molecule has 5 heteroatoms. The number of nitrogens with two attached hydrogens (primary N) is 1. The van der Waals surface area contributed by atoms with Crippen LogP contribution in [0.2, 0.25) is 0 Å². The molecular weight excluding hydrogens is 268 g/mol. The molecule has 0 aliphatic heterocycles. The first kappa shape index (κ1) is 10.1. The van der Waals surface area contributed by atoms with Crippen LogP contribution in [0.3, 0.4) is 0 Å². The Hall–Kier alpha value is -1.10. The van der Waals surface area contributed by atoms with Gasteiger partial charge in [0, 0.05) is 17.2 Å². The normalized spacial score (nSPS) is 23.9. The number of imidazole rings is 1. The number of hydrogen-bond donors (Lipinski definition) is 1. The molecule has 3 rings (SSSR count). The standard InChI is InChI=1S/C11H13BrN4/c1-6-2-7(6)5-16-10-9(15-11(16)13)3-8(12)4-14-10/h3-4,6-7H,2,5H2,1H3,(H2,13,15). The lowest BCUT2D eigenvalue weighted by Gasteiger charge is -2.04. The minimum atomic E-state index is 0.569. The van der Waals surface area contributed by atoms with Crippen LogP contribution in [0.5, 0.6) is 0 Å². The van der Waals surface area contributed by atoms with Crippen molar-refractivity contribution >= 4 is 33.0 Å². The van der Waals surface area contributed by atoms with Crippen molar-refractivity contribution in [3.8, 4) is 0 Å². The van der Waals surface area contributed by atoms with Gasteiger partial charge in [0.25, 0.3) is 0 Å². The number of nitrogens with zero attached hydrogens (tertiary/aromatic N) is 3. The molecule has 0 radical (unpaired) electrons. The van der Waals surface area contributed by atoms with E-state index in [9.17, 15) is 0 Å². The van der Waals surface area contributed by atoms with E-state index in [1.807, 2.05) is 10.6 Å². The van der Waals surface area contributed by atoms with Crippen molar-refractivity contribution in [3.05, 3.63) is 16.7 Å². The number of nitrogen functional groups attached to an aromatic ring is 1. The fraction of sp³-hybridized carbons (Fsp3) is 0.455. The number of fused-ring (bicyclic) bond motifs is 1. The van der Waals surface area contributed by atoms with Gasteiger partial charge >= 0.3 is 0 Å². The van der Waals surface area contributed by atoms with Crippen LogP contribution in [0.15, 0.2) is 16.7 Å². The summed E-state index contributed by atoms with van der Waals surface area (Å²) in [5.74, 6) is 2.12. The SMILES string of the molecule is CC1CC1Cn1c(N)nc2cc(Br)cnc21. The average molecular weight is 281 g/mol. The minimum Gasteiger partial charge on any atom is -0.369 e. The van der Waals surface area contributed by atoms with Gasteiger partial charge in [0.05, 0.1) is 0 Å². The highest BCUT2D eigenvalue weighted by Crippen LogP contribution is 2.40. The van der Waals surface area contributed by atoms with E-state index in [-0.39, 0.29) is 0 Å². The van der Waals surface area contributed by atoms with Crippen LogP contribution in [0.1, 0.15) is 13.3 Å². The van der Waals surface area contributed by atoms with Crippen molar-refractivity contribution in [1.82, 2.24) is 14.5 Å². The van der Waals surface area contributed by atoms with E-state index >= 15 is 0 Å². The largest absolute Gasteiger partial charge is 0.369 e. The summed E-state index contributed by atoms with van der Waals surface area (Å²) < 4.78 is 2.96. The summed E-state index contributed by atoms with van der Waals surface area (Å²) in [6.07, 6.45) is 3.08. The van der Waals surface area contributed by atoms with Gasteiger partial charge in [-0.15, -0.1) is 0 Å². The molecule has 16 heavy (non-hydrogen) atoms. The van der Waals surface area contributed by atoms with Crippen LogP contribution < -0.4 is 5.73 Å². The molecule has 0 spiro atoms. The number of hydrogen-bond acceptors (Lipinski definition) is 3. The highest BCUT2D eigenvalue weighted by atomic mass is 79.9. The maximum atomic E-state index is 5.92. The third-order valence-corrected chi connectivity index (χ3v) is 3.71. The van der Waals surface area contributed by atoms with Crippen LogP contribution >= 0.6 is 15.9 Å². The lowest BCUT2D eigenvalue weighted by atomic mass is 10.3. The molecule has 2 aromatic rings. The Bertz CT molecular complexity index is 548. The molecule has 2 atom stereocenters. The number of aromatic nitrogens is 3. The van der Waals surface area contributed by atoms with Crippen LogP contribution in [0, 0.1) is 11.8 Å². The van der Waals surface area contributed by atoms with Crippen LogP contribution in [-0.4, -0.2) is 14.5 Å². The van der Waals surface area contributed by atoms with Gasteiger partial charge in [0.2, 0.25) is 5.95 Å². The smallest absolute Gasteiger partial charge is 0.202 e. The summed E-state index contributed by atoms with van der Waals surface area (Å²) >= 11 is 3.39. The van der Waals surface area contributed by atoms with Crippen LogP contribution in [0.25, 0.3) is 11.2 Å². The topological polar surface area (TPSA) is 56.7 Å². The molecule has 0 amide bonds. The van der Waals surface area contributed by atoms with E-state index in [1.165, 1.54) is 6.42 Å². The van der Waals surface area contributed by atoms with E-state index in [0.717, 1.165) is 34.0 Å². The van der Waals surface area contributed by atoms with Crippen LogP contribution in [0.4, 0.5) is 5.95 Å². The monoisotopic (exact) mass is 280 g/mol. The molecule has 0 aromatic carbocycles. The molecule has 4 nitrogen and oxygen atoms in total. The summed E-state index contributed by atoms with van der Waals surface area (Å²) in [7, 11) is 0. The highest BCUT2D eigenvalue weighted by Gasteiger charge is 2.33. The number of halogens is 1. The van der Waals surface area contributed by atoms with Gasteiger partial charge in [-0.25, -0.2) is 9.97 Å². The molecule has 0 bridgehead atoms. The third-order valence-electron chi connectivity index (χ3n) is 3.27. The second-order valence-electron chi connectivity index (χ2n) is 4.55. The lowest BCUT2D eigenvalue weighted by Crippen LogP contribution is -2.06. The van der Waals surface area contributed by atoms with Gasteiger partial charge in [-0.1, -0.05) is 6.92 Å². The Morgan fingerprint density at radius 1 is 1.62 bits per heavy atom. The van der Waals surface area contributed by atoms with Gasteiger partial charge in [-0.05, 0) is 40.3 Å². The molecule has 1 fully saturated rings. The van der Waals surface area contributed by atoms with Gasteiger partial charge in [-0.2, -0.15) is 0 Å². The Morgan fingerprint density at radius 2 is 2.38 bits per heavy atom. The maximum Gasteiger partial charge on any atom is 0.202 e. The fourth-order valence-corrected chi connectivity index (χ4v) is 2.39. The van der Waals surface area contributed by atoms with Crippen molar-refractivity contribution in [2.75, 3.05) is 5.73 Å². The predicted molar refractivity (Wildman–Crippen MR) is 66.9 cm³/mol. The van der Waals surface area contributed by atoms with Gasteiger partial charge in [-0.3, -0.25) is 4.57 Å². The number of anilines is 1. The van der Waals surface area contributed by atoms with Crippen LogP contribution in [-0.2, 0) is 6.54 Å². The van der Waals surface area contributed by atoms with Crippen molar-refractivity contribution in [2.24, 2.45) is 11.8 Å². The van der Waals surface area contributed by atoms with Crippen molar-refractivity contribution in [2.45, 2.75) is 19.9 Å². The molecule has 2 aromatic heterocycles. The van der Waals surface area contributed by atoms with E-state index in [2.05, 4.69) is 32.8 Å². The first-order valence-electron chi connectivity index (χ1n) is 5.42. The van der Waals surface area contributed by atoms with Gasteiger partial charge < -0.3 is 5.73 Å². The highest BCUT2D eigenvalue weighted by molar-refractivity contribution is 9.10.